The van der Waals surface area contributed by atoms with Gasteiger partial charge in [0.15, 0.2) is 0 Å². The molecule has 4 aromatic rings. The van der Waals surface area contributed by atoms with Crippen molar-refractivity contribution in [3.8, 4) is 22.3 Å². The summed E-state index contributed by atoms with van der Waals surface area (Å²) in [7, 11) is 0.609. The maximum Gasteiger partial charge on any atom is 0.221 e. The van der Waals surface area contributed by atoms with E-state index in [4.69, 9.17) is 0 Å². The number of benzene rings is 3. The van der Waals surface area contributed by atoms with E-state index < -0.39 is 0 Å². The average Bonchev–Trinajstić information content (AvgIpc) is 2.83. The van der Waals surface area contributed by atoms with Crippen LogP contribution in [0.2, 0.25) is 0 Å². The van der Waals surface area contributed by atoms with Crippen LogP contribution in [0.15, 0.2) is 97.8 Å². The smallest absolute Gasteiger partial charge is 0.221 e. The van der Waals surface area contributed by atoms with Crippen LogP contribution in [0.25, 0.3) is 28.0 Å². The largest absolute Gasteiger partial charge is 0.508 e. The highest BCUT2D eigenvalue weighted by Crippen LogP contribution is 2.35. The lowest BCUT2D eigenvalue weighted by atomic mass is 9.94. The predicted octanol–water partition coefficient (Wildman–Crippen LogP) is 6.41. The molecule has 4 rings (SSSR count). The lowest BCUT2D eigenvalue weighted by molar-refractivity contribution is -0.114. The molecule has 3 aromatic carbocycles. The fraction of sp³-hybridized carbons (Fsp3) is 0.0714. The Labute approximate surface area is 195 Å². The van der Waals surface area contributed by atoms with Crippen LogP contribution in [0.3, 0.4) is 0 Å². The van der Waals surface area contributed by atoms with E-state index in [1.165, 1.54) is 17.8 Å². The van der Waals surface area contributed by atoms with E-state index in [-0.39, 0.29) is 11.7 Å². The van der Waals surface area contributed by atoms with Gasteiger partial charge < -0.3 is 10.4 Å². The zero-order valence-corrected chi connectivity index (χ0v) is 19.4. The van der Waals surface area contributed by atoms with Gasteiger partial charge in [0.25, 0.3) is 0 Å². The first-order valence-electron chi connectivity index (χ1n) is 10.6. The second-order valence-electron chi connectivity index (χ2n) is 7.73. The number of carbonyl (C=O) groups excluding carboxylic acids is 1. The van der Waals surface area contributed by atoms with Crippen molar-refractivity contribution in [3.05, 3.63) is 109 Å². The number of aromatic nitrogens is 1. The van der Waals surface area contributed by atoms with E-state index in [1.807, 2.05) is 36.5 Å². The highest BCUT2D eigenvalue weighted by molar-refractivity contribution is 7.46. The Hall–Kier alpha value is -3.75. The molecule has 0 bridgehead atoms. The Morgan fingerprint density at radius 1 is 0.970 bits per heavy atom. The maximum atomic E-state index is 11.7. The fourth-order valence-electron chi connectivity index (χ4n) is 3.75. The van der Waals surface area contributed by atoms with Crippen LogP contribution in [-0.2, 0) is 11.0 Å². The topological polar surface area (TPSA) is 62.2 Å². The lowest BCUT2D eigenvalue weighted by Gasteiger charge is -2.16. The van der Waals surface area contributed by atoms with Crippen LogP contribution in [-0.4, -0.2) is 16.0 Å². The molecule has 0 spiro atoms. The molecule has 0 fully saturated rings. The van der Waals surface area contributed by atoms with E-state index in [2.05, 4.69) is 59.3 Å². The number of amides is 1. The monoisotopic (exact) mass is 452 g/mol. The number of hydrogen-bond donors (Lipinski definition) is 2. The second kappa shape index (κ2) is 10.2. The molecule has 0 aliphatic heterocycles. The highest BCUT2D eigenvalue weighted by Gasteiger charge is 2.14. The van der Waals surface area contributed by atoms with E-state index in [1.54, 1.807) is 12.3 Å². The van der Waals surface area contributed by atoms with Crippen molar-refractivity contribution in [2.45, 2.75) is 13.1 Å². The van der Waals surface area contributed by atoms with Gasteiger partial charge in [-0.1, -0.05) is 69.8 Å². The lowest BCUT2D eigenvalue weighted by Crippen LogP contribution is -2.06. The summed E-state index contributed by atoms with van der Waals surface area (Å²) < 4.78 is 0. The van der Waals surface area contributed by atoms with Crippen LogP contribution >= 0.6 is 8.58 Å². The summed E-state index contributed by atoms with van der Waals surface area (Å²) >= 11 is 0. The number of hydrogen-bond acceptors (Lipinski definition) is 3. The van der Waals surface area contributed by atoms with Gasteiger partial charge in [0.05, 0.1) is 0 Å². The van der Waals surface area contributed by atoms with Crippen molar-refractivity contribution in [2.75, 3.05) is 5.32 Å². The summed E-state index contributed by atoms with van der Waals surface area (Å²) in [6, 6.07) is 26.3. The van der Waals surface area contributed by atoms with Gasteiger partial charge >= 0.3 is 0 Å². The molecule has 4 nitrogen and oxygen atoms in total. The third-order valence-electron chi connectivity index (χ3n) is 5.26. The fourth-order valence-corrected chi connectivity index (χ4v) is 5.00. The Balaban J connectivity index is 1.77. The van der Waals surface area contributed by atoms with Crippen molar-refractivity contribution in [3.63, 3.8) is 0 Å². The summed E-state index contributed by atoms with van der Waals surface area (Å²) in [6.07, 6.45) is 4.60. The molecule has 0 saturated heterocycles. The van der Waals surface area contributed by atoms with E-state index in [9.17, 15) is 9.90 Å². The first-order chi connectivity index (χ1) is 16.0. The molecule has 0 radical (unpaired) electrons. The Morgan fingerprint density at radius 2 is 1.73 bits per heavy atom. The van der Waals surface area contributed by atoms with Gasteiger partial charge in [0, 0.05) is 36.1 Å². The summed E-state index contributed by atoms with van der Waals surface area (Å²) in [5.41, 5.74) is 6.44. The van der Waals surface area contributed by atoms with Crippen molar-refractivity contribution in [1.29, 1.82) is 0 Å². The Morgan fingerprint density at radius 3 is 2.48 bits per heavy atom. The maximum absolute atomic E-state index is 11.7. The van der Waals surface area contributed by atoms with E-state index in [0.29, 0.717) is 19.8 Å². The second-order valence-corrected chi connectivity index (χ2v) is 8.98. The molecule has 0 aliphatic rings. The zero-order valence-electron chi connectivity index (χ0n) is 18.4. The van der Waals surface area contributed by atoms with Crippen molar-refractivity contribution < 1.29 is 9.90 Å². The molecule has 2 N–H and O–H groups in total. The number of anilines is 1. The van der Waals surface area contributed by atoms with Gasteiger partial charge in [0.2, 0.25) is 5.91 Å². The Kier molecular flexibility index (Phi) is 6.97. The molecule has 33 heavy (non-hydrogen) atoms. The first-order valence-corrected chi connectivity index (χ1v) is 11.8. The van der Waals surface area contributed by atoms with Crippen LogP contribution in [0.4, 0.5) is 5.69 Å². The molecule has 164 valence electrons. The summed E-state index contributed by atoms with van der Waals surface area (Å²) in [5.74, 6) is -0.229. The van der Waals surface area contributed by atoms with Crippen LogP contribution in [0.5, 0.6) is 0 Å². The molecule has 1 amide bonds. The van der Waals surface area contributed by atoms with Crippen molar-refractivity contribution in [1.82, 2.24) is 4.98 Å². The van der Waals surface area contributed by atoms with Crippen LogP contribution in [0, 0.1) is 0 Å². The minimum atomic E-state index is -0.177. The molecule has 1 unspecified atom stereocenters. The van der Waals surface area contributed by atoms with Crippen LogP contribution < -0.4 is 10.6 Å². The summed E-state index contributed by atoms with van der Waals surface area (Å²) in [4.78, 5) is 16.1. The first kappa shape index (κ1) is 22.4. The third kappa shape index (κ3) is 5.54. The predicted molar refractivity (Wildman–Crippen MR) is 139 cm³/mol. The SMILES string of the molecule is C=C(O)c1cc(NC(C)=O)cc(-c2ccncc2-c2ccccc2PCc2ccccc2)c1. The standard InChI is InChI=1S/C28H25N2O2P/c1-19(31)22-14-23(16-24(15-22)30-20(2)32)25-12-13-29-17-27(25)26-10-6-7-11-28(26)33-18-21-8-4-3-5-9-21/h3-17,31,33H,1,18H2,2H3,(H,30,32). The molecule has 1 aromatic heterocycles. The minimum absolute atomic E-state index is 0.0520. The Bertz CT molecular complexity index is 1300. The van der Waals surface area contributed by atoms with Gasteiger partial charge in [-0.2, -0.15) is 0 Å². The van der Waals surface area contributed by atoms with E-state index in [0.717, 1.165) is 28.4 Å². The summed E-state index contributed by atoms with van der Waals surface area (Å²) in [6.45, 7) is 5.12. The van der Waals surface area contributed by atoms with E-state index >= 15 is 0 Å². The number of nitrogens with zero attached hydrogens (tertiary/aromatic N) is 1. The normalized spacial score (nSPS) is 10.9. The average molecular weight is 452 g/mol. The number of aliphatic hydroxyl groups is 1. The quantitative estimate of drug-likeness (QED) is 0.252. The molecule has 5 heteroatoms. The number of carbonyl (C=O) groups is 1. The van der Waals surface area contributed by atoms with Crippen molar-refractivity contribution in [2.24, 2.45) is 0 Å². The molecule has 0 aliphatic carbocycles. The number of rotatable bonds is 7. The van der Waals surface area contributed by atoms with Gasteiger partial charge in [-0.25, -0.2) is 0 Å². The highest BCUT2D eigenvalue weighted by atomic mass is 31.1. The van der Waals surface area contributed by atoms with Crippen molar-refractivity contribution >= 4 is 31.2 Å². The molecule has 1 atom stereocenters. The molecular formula is C28H25N2O2P. The van der Waals surface area contributed by atoms with Crippen LogP contribution in [0.1, 0.15) is 18.1 Å². The van der Waals surface area contributed by atoms with Gasteiger partial charge in [-0.3, -0.25) is 9.78 Å². The van der Waals surface area contributed by atoms with Gasteiger partial charge in [-0.15, -0.1) is 0 Å². The van der Waals surface area contributed by atoms with Gasteiger partial charge in [-0.05, 0) is 58.0 Å². The molecule has 1 heterocycles. The number of aliphatic hydroxyl groups excluding tert-OH is 1. The third-order valence-corrected chi connectivity index (χ3v) is 6.66. The zero-order chi connectivity index (χ0) is 23.2. The molecular weight excluding hydrogens is 427 g/mol. The number of pyridine rings is 1. The molecule has 0 saturated carbocycles. The summed E-state index contributed by atoms with van der Waals surface area (Å²) in [5, 5.41) is 14.1. The van der Waals surface area contributed by atoms with Gasteiger partial charge in [0.1, 0.15) is 5.76 Å². The minimum Gasteiger partial charge on any atom is -0.508 e. The number of nitrogens with one attached hydrogen (secondary N) is 1.